The summed E-state index contributed by atoms with van der Waals surface area (Å²) in [7, 11) is 1.36. The normalized spacial score (nSPS) is 9.93. The number of thioether (sulfide) groups is 1. The standard InChI is InChI=1S/C10H13NO3S/c1-14-10(13)6-15-5-7-2-3-9(12)8(11)4-7/h2-4,12H,5-6,11H2,1H3. The third-order valence-corrected chi connectivity index (χ3v) is 2.79. The monoisotopic (exact) mass is 227 g/mol. The maximum absolute atomic E-state index is 10.8. The molecule has 0 aliphatic rings. The number of methoxy groups -OCH3 is 1. The SMILES string of the molecule is COC(=O)CSCc1ccc(O)c(N)c1. The highest BCUT2D eigenvalue weighted by Crippen LogP contribution is 2.22. The van der Waals surface area contributed by atoms with Crippen LogP contribution in [0, 0.1) is 0 Å². The van der Waals surface area contributed by atoms with Crippen molar-refractivity contribution in [2.45, 2.75) is 5.75 Å². The fourth-order valence-corrected chi connectivity index (χ4v) is 1.81. The van der Waals surface area contributed by atoms with E-state index in [1.54, 1.807) is 18.2 Å². The molecule has 0 bridgehead atoms. The van der Waals surface area contributed by atoms with E-state index < -0.39 is 0 Å². The lowest BCUT2D eigenvalue weighted by Gasteiger charge is -2.03. The second kappa shape index (κ2) is 5.50. The van der Waals surface area contributed by atoms with Crippen LogP contribution in [0.2, 0.25) is 0 Å². The molecule has 5 heteroatoms. The van der Waals surface area contributed by atoms with E-state index in [-0.39, 0.29) is 11.7 Å². The number of esters is 1. The summed E-state index contributed by atoms with van der Waals surface area (Å²) in [5.41, 5.74) is 6.85. The average molecular weight is 227 g/mol. The summed E-state index contributed by atoms with van der Waals surface area (Å²) in [6.07, 6.45) is 0. The molecule has 82 valence electrons. The lowest BCUT2D eigenvalue weighted by molar-refractivity contribution is -0.137. The maximum atomic E-state index is 10.8. The quantitative estimate of drug-likeness (QED) is 0.462. The molecule has 3 N–H and O–H groups in total. The molecule has 0 saturated heterocycles. The summed E-state index contributed by atoms with van der Waals surface area (Å²) in [6.45, 7) is 0. The number of hydrogen-bond acceptors (Lipinski definition) is 5. The fourth-order valence-electron chi connectivity index (χ4n) is 1.00. The number of benzene rings is 1. The van der Waals surface area contributed by atoms with Gasteiger partial charge in [-0.2, -0.15) is 0 Å². The van der Waals surface area contributed by atoms with Gasteiger partial charge in [0, 0.05) is 5.75 Å². The van der Waals surface area contributed by atoms with Gasteiger partial charge in [-0.15, -0.1) is 11.8 Å². The third kappa shape index (κ3) is 3.71. The maximum Gasteiger partial charge on any atom is 0.315 e. The molecule has 0 heterocycles. The molecule has 0 amide bonds. The lowest BCUT2D eigenvalue weighted by Crippen LogP contribution is -2.03. The molecule has 0 radical (unpaired) electrons. The Bertz CT molecular complexity index is 355. The summed E-state index contributed by atoms with van der Waals surface area (Å²) < 4.78 is 4.51. The highest BCUT2D eigenvalue weighted by Gasteiger charge is 2.02. The summed E-state index contributed by atoms with van der Waals surface area (Å²) in [4.78, 5) is 10.8. The molecule has 0 atom stereocenters. The molecular weight excluding hydrogens is 214 g/mol. The van der Waals surface area contributed by atoms with Crippen LogP contribution < -0.4 is 5.73 Å². The minimum Gasteiger partial charge on any atom is -0.506 e. The minimum atomic E-state index is -0.244. The van der Waals surface area contributed by atoms with E-state index in [1.807, 2.05) is 0 Å². The van der Waals surface area contributed by atoms with Crippen molar-refractivity contribution in [1.29, 1.82) is 0 Å². The Morgan fingerprint density at radius 2 is 2.33 bits per heavy atom. The van der Waals surface area contributed by atoms with Gasteiger partial charge in [-0.3, -0.25) is 4.79 Å². The van der Waals surface area contributed by atoms with Crippen LogP contribution in [0.25, 0.3) is 0 Å². The van der Waals surface area contributed by atoms with Crippen molar-refractivity contribution in [3.05, 3.63) is 23.8 Å². The van der Waals surface area contributed by atoms with E-state index in [4.69, 9.17) is 5.73 Å². The van der Waals surface area contributed by atoms with Gasteiger partial charge in [0.05, 0.1) is 18.6 Å². The van der Waals surface area contributed by atoms with Crippen LogP contribution in [-0.4, -0.2) is 23.9 Å². The van der Waals surface area contributed by atoms with Crippen molar-refractivity contribution in [2.24, 2.45) is 0 Å². The first-order valence-corrected chi connectivity index (χ1v) is 5.51. The minimum absolute atomic E-state index is 0.0803. The van der Waals surface area contributed by atoms with Crippen LogP contribution in [0.3, 0.4) is 0 Å². The number of rotatable bonds is 4. The number of phenolic OH excluding ortho intramolecular Hbond substituents is 1. The van der Waals surface area contributed by atoms with E-state index in [9.17, 15) is 9.90 Å². The van der Waals surface area contributed by atoms with E-state index in [0.29, 0.717) is 17.2 Å². The van der Waals surface area contributed by atoms with Gasteiger partial charge in [-0.05, 0) is 17.7 Å². The number of nitrogens with two attached hydrogens (primary N) is 1. The van der Waals surface area contributed by atoms with Crippen molar-refractivity contribution in [3.63, 3.8) is 0 Å². The first kappa shape index (κ1) is 11.7. The van der Waals surface area contributed by atoms with Gasteiger partial charge in [0.15, 0.2) is 0 Å². The summed E-state index contributed by atoms with van der Waals surface area (Å²) >= 11 is 1.44. The first-order valence-electron chi connectivity index (χ1n) is 4.35. The molecule has 0 spiro atoms. The summed E-state index contributed by atoms with van der Waals surface area (Å²) in [5, 5.41) is 9.19. The van der Waals surface area contributed by atoms with E-state index in [1.165, 1.54) is 18.9 Å². The molecule has 0 aliphatic heterocycles. The van der Waals surface area contributed by atoms with Crippen LogP contribution in [0.15, 0.2) is 18.2 Å². The Morgan fingerprint density at radius 1 is 1.60 bits per heavy atom. The van der Waals surface area contributed by atoms with Gasteiger partial charge in [0.2, 0.25) is 0 Å². The topological polar surface area (TPSA) is 72.5 Å². The smallest absolute Gasteiger partial charge is 0.315 e. The van der Waals surface area contributed by atoms with Crippen LogP contribution in [0.1, 0.15) is 5.56 Å². The molecule has 1 aromatic rings. The number of carbonyl (C=O) groups is 1. The largest absolute Gasteiger partial charge is 0.506 e. The number of nitrogen functional groups attached to an aromatic ring is 1. The number of carbonyl (C=O) groups excluding carboxylic acids is 1. The Hall–Kier alpha value is -1.36. The molecule has 0 aliphatic carbocycles. The Labute approximate surface area is 92.4 Å². The van der Waals surface area contributed by atoms with E-state index in [2.05, 4.69) is 4.74 Å². The molecule has 1 aromatic carbocycles. The van der Waals surface area contributed by atoms with Gasteiger partial charge in [0.25, 0.3) is 0 Å². The molecule has 1 rings (SSSR count). The molecule has 15 heavy (non-hydrogen) atoms. The van der Waals surface area contributed by atoms with Gasteiger partial charge >= 0.3 is 5.97 Å². The van der Waals surface area contributed by atoms with Gasteiger partial charge in [-0.25, -0.2) is 0 Å². The predicted octanol–water partition coefficient (Wildman–Crippen LogP) is 1.38. The predicted molar refractivity (Wildman–Crippen MR) is 60.7 cm³/mol. The second-order valence-corrected chi connectivity index (χ2v) is 3.95. The van der Waals surface area contributed by atoms with Crippen LogP contribution in [0.4, 0.5) is 5.69 Å². The van der Waals surface area contributed by atoms with Crippen LogP contribution >= 0.6 is 11.8 Å². The third-order valence-electron chi connectivity index (χ3n) is 1.81. The molecule has 0 fully saturated rings. The molecule has 0 saturated carbocycles. The van der Waals surface area contributed by atoms with Crippen molar-refractivity contribution in [2.75, 3.05) is 18.6 Å². The zero-order valence-electron chi connectivity index (χ0n) is 8.40. The highest BCUT2D eigenvalue weighted by atomic mass is 32.2. The molecule has 0 aromatic heterocycles. The zero-order chi connectivity index (χ0) is 11.3. The number of anilines is 1. The van der Waals surface area contributed by atoms with Crippen molar-refractivity contribution in [1.82, 2.24) is 0 Å². The first-order chi connectivity index (χ1) is 7.13. The summed E-state index contributed by atoms with van der Waals surface area (Å²) in [5.74, 6) is 0.820. The second-order valence-electron chi connectivity index (χ2n) is 2.96. The van der Waals surface area contributed by atoms with E-state index in [0.717, 1.165) is 5.56 Å². The molecule has 4 nitrogen and oxygen atoms in total. The highest BCUT2D eigenvalue weighted by molar-refractivity contribution is 7.99. The number of hydrogen-bond donors (Lipinski definition) is 2. The number of aromatic hydroxyl groups is 1. The fraction of sp³-hybridized carbons (Fsp3) is 0.300. The van der Waals surface area contributed by atoms with Gasteiger partial charge < -0.3 is 15.6 Å². The lowest BCUT2D eigenvalue weighted by atomic mass is 10.2. The van der Waals surface area contributed by atoms with Crippen molar-refractivity contribution in [3.8, 4) is 5.75 Å². The molecule has 0 unspecified atom stereocenters. The van der Waals surface area contributed by atoms with Crippen molar-refractivity contribution < 1.29 is 14.6 Å². The zero-order valence-corrected chi connectivity index (χ0v) is 9.21. The Balaban J connectivity index is 2.44. The summed E-state index contributed by atoms with van der Waals surface area (Å²) in [6, 6.07) is 5.01. The average Bonchev–Trinajstić information content (AvgIpc) is 2.23. The molecular formula is C10H13NO3S. The Morgan fingerprint density at radius 3 is 2.93 bits per heavy atom. The van der Waals surface area contributed by atoms with Crippen molar-refractivity contribution >= 4 is 23.4 Å². The Kier molecular flexibility index (Phi) is 4.30. The van der Waals surface area contributed by atoms with E-state index >= 15 is 0 Å². The van der Waals surface area contributed by atoms with Crippen LogP contribution in [-0.2, 0) is 15.3 Å². The number of phenols is 1. The van der Waals surface area contributed by atoms with Gasteiger partial charge in [-0.1, -0.05) is 6.07 Å². The number of ether oxygens (including phenoxy) is 1. The van der Waals surface area contributed by atoms with Gasteiger partial charge in [0.1, 0.15) is 5.75 Å². The van der Waals surface area contributed by atoms with Crippen LogP contribution in [0.5, 0.6) is 5.75 Å².